The summed E-state index contributed by atoms with van der Waals surface area (Å²) in [7, 11) is 0. The summed E-state index contributed by atoms with van der Waals surface area (Å²) in [6.07, 6.45) is -0.349. The molecule has 0 aromatic heterocycles. The molecule has 118 valence electrons. The molecule has 0 radical (unpaired) electrons. The topological polar surface area (TPSA) is 54.0 Å². The van der Waals surface area contributed by atoms with Crippen molar-refractivity contribution >= 4 is 0 Å². The lowest BCUT2D eigenvalue weighted by atomic mass is 10.2. The number of aliphatic hydroxyl groups is 1. The average Bonchev–Trinajstić information content (AvgIpc) is 2.49. The van der Waals surface area contributed by atoms with Gasteiger partial charge in [0.25, 0.3) is 0 Å². The van der Waals surface area contributed by atoms with E-state index in [-0.39, 0.29) is 6.10 Å². The van der Waals surface area contributed by atoms with E-state index in [9.17, 15) is 5.11 Å². The van der Waals surface area contributed by atoms with Crippen molar-refractivity contribution in [2.45, 2.75) is 19.6 Å². The summed E-state index contributed by atoms with van der Waals surface area (Å²) in [5.74, 6) is 0.894. The molecule has 1 atom stereocenters. The number of hydrogen-bond donors (Lipinski definition) is 2. The number of aliphatic hydroxyl groups excluding tert-OH is 1. The monoisotopic (exact) mass is 294 g/mol. The molecule has 1 saturated heterocycles. The molecule has 1 aliphatic heterocycles. The molecule has 21 heavy (non-hydrogen) atoms. The molecule has 1 unspecified atom stereocenters. The van der Waals surface area contributed by atoms with Crippen LogP contribution in [0.1, 0.15) is 12.5 Å². The van der Waals surface area contributed by atoms with Crippen LogP contribution in [-0.2, 0) is 11.3 Å². The second-order valence-corrected chi connectivity index (χ2v) is 5.28. The first-order valence-electron chi connectivity index (χ1n) is 7.68. The lowest BCUT2D eigenvalue weighted by Gasteiger charge is -2.28. The first-order valence-corrected chi connectivity index (χ1v) is 7.68. The van der Waals surface area contributed by atoms with Crippen molar-refractivity contribution < 1.29 is 14.6 Å². The maximum Gasteiger partial charge on any atom is 0.119 e. The molecule has 1 aromatic rings. The smallest absolute Gasteiger partial charge is 0.119 e. The fraction of sp³-hybridized carbons (Fsp3) is 0.625. The van der Waals surface area contributed by atoms with Gasteiger partial charge in [-0.05, 0) is 24.6 Å². The molecular formula is C16H26N2O3. The first-order chi connectivity index (χ1) is 10.3. The Bertz CT molecular complexity index is 408. The van der Waals surface area contributed by atoms with Crippen molar-refractivity contribution in [3.05, 3.63) is 29.8 Å². The van der Waals surface area contributed by atoms with E-state index in [2.05, 4.69) is 16.3 Å². The number of ether oxygens (including phenoxy) is 2. The Morgan fingerprint density at radius 3 is 2.95 bits per heavy atom. The number of morpholine rings is 1. The highest BCUT2D eigenvalue weighted by atomic mass is 16.5. The molecule has 1 aromatic carbocycles. The van der Waals surface area contributed by atoms with Gasteiger partial charge in [-0.25, -0.2) is 0 Å². The molecule has 0 spiro atoms. The lowest BCUT2D eigenvalue weighted by molar-refractivity contribution is 0.0149. The van der Waals surface area contributed by atoms with Gasteiger partial charge in [0.15, 0.2) is 0 Å². The summed E-state index contributed by atoms with van der Waals surface area (Å²) < 4.78 is 10.8. The van der Waals surface area contributed by atoms with Gasteiger partial charge in [0.2, 0.25) is 0 Å². The molecule has 5 nitrogen and oxygen atoms in total. The third-order valence-electron chi connectivity index (χ3n) is 3.49. The number of hydrogen-bond acceptors (Lipinski definition) is 5. The van der Waals surface area contributed by atoms with Crippen LogP contribution < -0.4 is 10.1 Å². The zero-order valence-corrected chi connectivity index (χ0v) is 12.8. The van der Waals surface area contributed by atoms with E-state index in [1.54, 1.807) is 0 Å². The Balaban J connectivity index is 1.67. The Kier molecular flexibility index (Phi) is 6.95. The molecule has 2 rings (SSSR count). The van der Waals surface area contributed by atoms with Crippen molar-refractivity contribution in [1.29, 1.82) is 0 Å². The second-order valence-electron chi connectivity index (χ2n) is 5.28. The van der Waals surface area contributed by atoms with E-state index in [4.69, 9.17) is 9.47 Å². The van der Waals surface area contributed by atoms with Gasteiger partial charge < -0.3 is 19.9 Å². The summed E-state index contributed by atoms with van der Waals surface area (Å²) in [4.78, 5) is 2.24. The van der Waals surface area contributed by atoms with Crippen molar-refractivity contribution in [2.24, 2.45) is 0 Å². The Hall–Kier alpha value is -1.14. The molecule has 2 N–H and O–H groups in total. The van der Waals surface area contributed by atoms with Crippen LogP contribution >= 0.6 is 0 Å². The SMILES string of the molecule is CCOc1cccc(CNCC(O)CN2CCOCC2)c1. The Morgan fingerprint density at radius 1 is 1.38 bits per heavy atom. The van der Waals surface area contributed by atoms with Gasteiger partial charge in [0.05, 0.1) is 25.9 Å². The maximum absolute atomic E-state index is 10.0. The molecule has 0 bridgehead atoms. The van der Waals surface area contributed by atoms with Gasteiger partial charge in [-0.15, -0.1) is 0 Å². The normalized spacial score (nSPS) is 17.6. The highest BCUT2D eigenvalue weighted by molar-refractivity contribution is 5.28. The predicted molar refractivity (Wildman–Crippen MR) is 82.6 cm³/mol. The quantitative estimate of drug-likeness (QED) is 0.745. The highest BCUT2D eigenvalue weighted by Gasteiger charge is 2.14. The van der Waals surface area contributed by atoms with Gasteiger partial charge in [-0.2, -0.15) is 0 Å². The number of nitrogens with zero attached hydrogens (tertiary/aromatic N) is 1. The highest BCUT2D eigenvalue weighted by Crippen LogP contribution is 2.12. The van der Waals surface area contributed by atoms with Crippen LogP contribution in [0.4, 0.5) is 0 Å². The molecule has 0 amide bonds. The zero-order valence-electron chi connectivity index (χ0n) is 12.8. The van der Waals surface area contributed by atoms with Gasteiger partial charge in [0.1, 0.15) is 5.75 Å². The fourth-order valence-electron chi connectivity index (χ4n) is 2.44. The summed E-state index contributed by atoms with van der Waals surface area (Å²) >= 11 is 0. The standard InChI is InChI=1S/C16H26N2O3/c1-2-21-16-5-3-4-14(10-16)11-17-12-15(19)13-18-6-8-20-9-7-18/h3-5,10,15,17,19H,2,6-9,11-13H2,1H3. The molecular weight excluding hydrogens is 268 g/mol. The number of benzene rings is 1. The molecule has 1 aliphatic rings. The molecule has 0 saturated carbocycles. The largest absolute Gasteiger partial charge is 0.494 e. The van der Waals surface area contributed by atoms with E-state index < -0.39 is 0 Å². The van der Waals surface area contributed by atoms with Crippen LogP contribution in [0.15, 0.2) is 24.3 Å². The van der Waals surface area contributed by atoms with Crippen LogP contribution in [0.25, 0.3) is 0 Å². The van der Waals surface area contributed by atoms with Crippen LogP contribution in [-0.4, -0.2) is 62.1 Å². The van der Waals surface area contributed by atoms with E-state index in [1.807, 2.05) is 25.1 Å². The van der Waals surface area contributed by atoms with Crippen LogP contribution in [0.2, 0.25) is 0 Å². The van der Waals surface area contributed by atoms with Crippen molar-refractivity contribution in [1.82, 2.24) is 10.2 Å². The summed E-state index contributed by atoms with van der Waals surface area (Å²) in [6, 6.07) is 8.04. The van der Waals surface area contributed by atoms with Gasteiger partial charge >= 0.3 is 0 Å². The number of rotatable bonds is 8. The molecule has 1 heterocycles. The van der Waals surface area contributed by atoms with Crippen LogP contribution in [0.5, 0.6) is 5.75 Å². The molecule has 0 aliphatic carbocycles. The minimum Gasteiger partial charge on any atom is -0.494 e. The van der Waals surface area contributed by atoms with E-state index in [0.717, 1.165) is 38.6 Å². The predicted octanol–water partition coefficient (Wildman–Crippen LogP) is 0.868. The third kappa shape index (κ3) is 6.01. The molecule has 1 fully saturated rings. The minimum atomic E-state index is -0.349. The summed E-state index contributed by atoms with van der Waals surface area (Å²) in [5, 5.41) is 13.3. The number of nitrogens with one attached hydrogen (secondary N) is 1. The van der Waals surface area contributed by atoms with Crippen molar-refractivity contribution in [2.75, 3.05) is 46.0 Å². The Morgan fingerprint density at radius 2 is 2.19 bits per heavy atom. The van der Waals surface area contributed by atoms with Crippen molar-refractivity contribution in [3.8, 4) is 5.75 Å². The second kappa shape index (κ2) is 9.00. The minimum absolute atomic E-state index is 0.349. The van der Waals surface area contributed by atoms with Gasteiger partial charge in [-0.3, -0.25) is 4.90 Å². The van der Waals surface area contributed by atoms with E-state index >= 15 is 0 Å². The molecule has 5 heteroatoms. The summed E-state index contributed by atoms with van der Waals surface area (Å²) in [5.41, 5.74) is 1.17. The van der Waals surface area contributed by atoms with E-state index in [1.165, 1.54) is 5.56 Å². The average molecular weight is 294 g/mol. The first kappa shape index (κ1) is 16.2. The lowest BCUT2D eigenvalue weighted by Crippen LogP contribution is -2.43. The third-order valence-corrected chi connectivity index (χ3v) is 3.49. The van der Waals surface area contributed by atoms with Crippen LogP contribution in [0.3, 0.4) is 0 Å². The number of β-amino-alcohol motifs (C(OH)–C–C–N with tert-alkyl or cyclic N) is 1. The Labute approximate surface area is 126 Å². The van der Waals surface area contributed by atoms with E-state index in [0.29, 0.717) is 19.7 Å². The summed E-state index contributed by atoms with van der Waals surface area (Å²) in [6.45, 7) is 8.05. The van der Waals surface area contributed by atoms with Gasteiger partial charge in [-0.1, -0.05) is 12.1 Å². The zero-order chi connectivity index (χ0) is 14.9. The fourth-order valence-corrected chi connectivity index (χ4v) is 2.44. The van der Waals surface area contributed by atoms with Crippen molar-refractivity contribution in [3.63, 3.8) is 0 Å². The van der Waals surface area contributed by atoms with Gasteiger partial charge in [0, 0.05) is 32.7 Å². The maximum atomic E-state index is 10.0. The van der Waals surface area contributed by atoms with Crippen LogP contribution in [0, 0.1) is 0 Å².